The van der Waals surface area contributed by atoms with Gasteiger partial charge in [0.05, 0.1) is 12.6 Å². The number of carbonyl (C=O) groups is 1. The molecular formula is C18H28BrN3O3. The lowest BCUT2D eigenvalue weighted by atomic mass is 10.00. The van der Waals surface area contributed by atoms with Crippen molar-refractivity contribution in [1.82, 2.24) is 14.8 Å². The number of hydrogen-bond donors (Lipinski definition) is 1. The number of amides is 1. The Labute approximate surface area is 158 Å². The van der Waals surface area contributed by atoms with Crippen molar-refractivity contribution in [2.75, 3.05) is 33.3 Å². The number of likely N-dealkylation sites (N-methyl/N-ethyl adjacent to an activating group) is 1. The third-order valence-electron chi connectivity index (χ3n) is 4.58. The van der Waals surface area contributed by atoms with Gasteiger partial charge >= 0.3 is 0 Å². The van der Waals surface area contributed by atoms with Crippen LogP contribution in [0.15, 0.2) is 16.7 Å². The molecule has 0 bridgehead atoms. The molecule has 1 amide bonds. The first kappa shape index (κ1) is 20.1. The van der Waals surface area contributed by atoms with Crippen LogP contribution < -0.4 is 4.74 Å². The third kappa shape index (κ3) is 4.92. The van der Waals surface area contributed by atoms with Gasteiger partial charge in [0.25, 0.3) is 5.91 Å². The van der Waals surface area contributed by atoms with E-state index >= 15 is 0 Å². The van der Waals surface area contributed by atoms with E-state index in [9.17, 15) is 9.90 Å². The van der Waals surface area contributed by atoms with Crippen LogP contribution in [0.3, 0.4) is 0 Å². The van der Waals surface area contributed by atoms with E-state index in [0.29, 0.717) is 18.0 Å². The molecule has 0 unspecified atom stereocenters. The van der Waals surface area contributed by atoms with Crippen LogP contribution in [0.5, 0.6) is 5.88 Å². The number of aliphatic hydroxyl groups excluding tert-OH is 1. The molecule has 0 fully saturated rings. The molecule has 0 aliphatic carbocycles. The molecule has 25 heavy (non-hydrogen) atoms. The van der Waals surface area contributed by atoms with E-state index in [0.717, 1.165) is 24.0 Å². The molecule has 1 aromatic rings. The van der Waals surface area contributed by atoms with Crippen LogP contribution in [0, 0.1) is 5.92 Å². The SMILES string of the molecule is CCCN(C)C[C@@H]1Oc2ncc(Br)cc2C(=O)N([C@H](C)CO)C[C@@H]1C. The number of carbonyl (C=O) groups excluding carboxylic acids is 1. The van der Waals surface area contributed by atoms with E-state index in [2.05, 4.69) is 46.7 Å². The molecule has 1 N–H and O–H groups in total. The first-order valence-electron chi connectivity index (χ1n) is 8.79. The van der Waals surface area contributed by atoms with Crippen LogP contribution in [-0.4, -0.2) is 71.2 Å². The van der Waals surface area contributed by atoms with Crippen LogP contribution in [0.4, 0.5) is 0 Å². The van der Waals surface area contributed by atoms with E-state index in [1.807, 2.05) is 6.92 Å². The smallest absolute Gasteiger partial charge is 0.259 e. The Morgan fingerprint density at radius 1 is 1.56 bits per heavy atom. The highest BCUT2D eigenvalue weighted by molar-refractivity contribution is 9.10. The summed E-state index contributed by atoms with van der Waals surface area (Å²) < 4.78 is 6.90. The highest BCUT2D eigenvalue weighted by atomic mass is 79.9. The lowest BCUT2D eigenvalue weighted by Gasteiger charge is -2.37. The molecule has 2 rings (SSSR count). The summed E-state index contributed by atoms with van der Waals surface area (Å²) in [7, 11) is 2.08. The summed E-state index contributed by atoms with van der Waals surface area (Å²) in [5.74, 6) is 0.332. The van der Waals surface area contributed by atoms with Crippen molar-refractivity contribution in [3.63, 3.8) is 0 Å². The molecule has 3 atom stereocenters. The molecule has 1 aromatic heterocycles. The zero-order chi connectivity index (χ0) is 18.6. The molecule has 140 valence electrons. The number of fused-ring (bicyclic) bond motifs is 1. The van der Waals surface area contributed by atoms with Gasteiger partial charge < -0.3 is 19.6 Å². The fourth-order valence-electron chi connectivity index (χ4n) is 3.07. The van der Waals surface area contributed by atoms with Crippen molar-refractivity contribution in [1.29, 1.82) is 0 Å². The Balaban J connectivity index is 2.38. The van der Waals surface area contributed by atoms with E-state index < -0.39 is 0 Å². The summed E-state index contributed by atoms with van der Waals surface area (Å²) in [5, 5.41) is 9.58. The third-order valence-corrected chi connectivity index (χ3v) is 5.02. The molecule has 0 radical (unpaired) electrons. The minimum Gasteiger partial charge on any atom is -0.472 e. The van der Waals surface area contributed by atoms with E-state index in [-0.39, 0.29) is 30.6 Å². The highest BCUT2D eigenvalue weighted by Gasteiger charge is 2.34. The Morgan fingerprint density at radius 3 is 2.92 bits per heavy atom. The first-order chi connectivity index (χ1) is 11.9. The quantitative estimate of drug-likeness (QED) is 0.775. The van der Waals surface area contributed by atoms with Crippen LogP contribution in [-0.2, 0) is 0 Å². The van der Waals surface area contributed by atoms with Crippen LogP contribution >= 0.6 is 15.9 Å². The number of pyridine rings is 1. The van der Waals surface area contributed by atoms with Gasteiger partial charge in [-0.2, -0.15) is 0 Å². The molecule has 1 aliphatic rings. The van der Waals surface area contributed by atoms with Gasteiger partial charge in [-0.15, -0.1) is 0 Å². The van der Waals surface area contributed by atoms with Gasteiger partial charge in [0.15, 0.2) is 0 Å². The van der Waals surface area contributed by atoms with Gasteiger partial charge in [-0.1, -0.05) is 13.8 Å². The van der Waals surface area contributed by atoms with Crippen LogP contribution in [0.2, 0.25) is 0 Å². The van der Waals surface area contributed by atoms with E-state index in [4.69, 9.17) is 4.74 Å². The minimum absolute atomic E-state index is 0.0729. The van der Waals surface area contributed by atoms with E-state index in [1.54, 1.807) is 17.2 Å². The van der Waals surface area contributed by atoms with Crippen LogP contribution in [0.1, 0.15) is 37.6 Å². The lowest BCUT2D eigenvalue weighted by Crippen LogP contribution is -2.50. The van der Waals surface area contributed by atoms with Gasteiger partial charge in [-0.05, 0) is 48.9 Å². The number of aliphatic hydroxyl groups is 1. The Hall–Kier alpha value is -1.18. The maximum absolute atomic E-state index is 13.0. The minimum atomic E-state index is -0.256. The lowest BCUT2D eigenvalue weighted by molar-refractivity contribution is 0.0331. The fourth-order valence-corrected chi connectivity index (χ4v) is 3.41. The van der Waals surface area contributed by atoms with Crippen molar-refractivity contribution in [3.8, 4) is 5.88 Å². The van der Waals surface area contributed by atoms with Crippen LogP contribution in [0.25, 0.3) is 0 Å². The summed E-state index contributed by atoms with van der Waals surface area (Å²) in [5.41, 5.74) is 0.435. The topological polar surface area (TPSA) is 65.9 Å². The monoisotopic (exact) mass is 413 g/mol. The summed E-state index contributed by atoms with van der Waals surface area (Å²) in [6, 6.07) is 1.48. The predicted molar refractivity (Wildman–Crippen MR) is 101 cm³/mol. The molecule has 2 heterocycles. The number of aromatic nitrogens is 1. The standard InChI is InChI=1S/C18H28BrN3O3/c1-5-6-21(4)10-16-12(2)9-22(13(3)11-23)18(24)15-7-14(19)8-20-17(15)25-16/h7-8,12-13,16,23H,5-6,9-11H2,1-4H3/t12-,13+,16-/m0/s1. The molecule has 0 spiro atoms. The Morgan fingerprint density at radius 2 is 2.28 bits per heavy atom. The number of rotatable bonds is 6. The average Bonchev–Trinajstić information content (AvgIpc) is 2.58. The fraction of sp³-hybridized carbons (Fsp3) is 0.667. The van der Waals surface area contributed by atoms with Gasteiger partial charge in [0.1, 0.15) is 11.7 Å². The molecule has 0 aromatic carbocycles. The Kier molecular flexibility index (Phi) is 7.22. The van der Waals surface area contributed by atoms with Crippen molar-refractivity contribution >= 4 is 21.8 Å². The molecule has 7 heteroatoms. The number of ether oxygens (including phenoxy) is 1. The first-order valence-corrected chi connectivity index (χ1v) is 9.59. The highest BCUT2D eigenvalue weighted by Crippen LogP contribution is 2.28. The molecule has 0 saturated heterocycles. The molecule has 1 aliphatic heterocycles. The summed E-state index contributed by atoms with van der Waals surface area (Å²) >= 11 is 3.38. The second kappa shape index (κ2) is 8.96. The maximum Gasteiger partial charge on any atom is 0.259 e. The number of halogens is 1. The van der Waals surface area contributed by atoms with Crippen molar-refractivity contribution in [3.05, 3.63) is 22.3 Å². The summed E-state index contributed by atoms with van der Waals surface area (Å²) in [6.45, 7) is 8.31. The number of nitrogens with zero attached hydrogens (tertiary/aromatic N) is 3. The molecular weight excluding hydrogens is 386 g/mol. The zero-order valence-corrected chi connectivity index (χ0v) is 17.0. The predicted octanol–water partition coefficient (Wildman–Crippen LogP) is 2.41. The Bertz CT molecular complexity index is 599. The van der Waals surface area contributed by atoms with Crippen molar-refractivity contribution in [2.45, 2.75) is 39.3 Å². The van der Waals surface area contributed by atoms with Crippen molar-refractivity contribution < 1.29 is 14.6 Å². The zero-order valence-electron chi connectivity index (χ0n) is 15.4. The summed E-state index contributed by atoms with van der Waals surface area (Å²) in [6.07, 6.45) is 2.64. The van der Waals surface area contributed by atoms with E-state index in [1.165, 1.54) is 0 Å². The van der Waals surface area contributed by atoms with Gasteiger partial charge in [0, 0.05) is 29.7 Å². The largest absolute Gasteiger partial charge is 0.472 e. The average molecular weight is 414 g/mol. The van der Waals surface area contributed by atoms with Crippen molar-refractivity contribution in [2.24, 2.45) is 5.92 Å². The summed E-state index contributed by atoms with van der Waals surface area (Å²) in [4.78, 5) is 21.3. The molecule has 6 nitrogen and oxygen atoms in total. The van der Waals surface area contributed by atoms with Gasteiger partial charge in [-0.3, -0.25) is 4.79 Å². The normalized spacial score (nSPS) is 22.2. The molecule has 0 saturated carbocycles. The van der Waals surface area contributed by atoms with Gasteiger partial charge in [0.2, 0.25) is 5.88 Å². The second-order valence-electron chi connectivity index (χ2n) is 6.89. The maximum atomic E-state index is 13.0. The second-order valence-corrected chi connectivity index (χ2v) is 7.81. The van der Waals surface area contributed by atoms with Gasteiger partial charge in [-0.25, -0.2) is 4.98 Å². The number of hydrogen-bond acceptors (Lipinski definition) is 5.